The van der Waals surface area contributed by atoms with E-state index in [1.807, 2.05) is 19.9 Å². The number of fused-ring (bicyclic) bond motifs is 1. The van der Waals surface area contributed by atoms with Crippen LogP contribution in [0.3, 0.4) is 0 Å². The van der Waals surface area contributed by atoms with Crippen LogP contribution in [-0.4, -0.2) is 21.5 Å². The highest BCUT2D eigenvalue weighted by Gasteiger charge is 2.07. The number of nitrogens with one attached hydrogen (secondary N) is 1. The smallest absolute Gasteiger partial charge is 0.261 e. The quantitative estimate of drug-likeness (QED) is 0.928. The molecule has 1 aromatic carbocycles. The number of halogens is 1. The third-order valence-corrected chi connectivity index (χ3v) is 3.31. The first-order chi connectivity index (χ1) is 9.47. The van der Waals surface area contributed by atoms with Gasteiger partial charge in [0.05, 0.1) is 17.2 Å². The Morgan fingerprint density at radius 2 is 2.20 bits per heavy atom. The Hall–Kier alpha value is -1.69. The van der Waals surface area contributed by atoms with Crippen LogP contribution in [0.25, 0.3) is 10.9 Å². The molecule has 0 unspecified atom stereocenters. The zero-order valence-corrected chi connectivity index (χ0v) is 13.0. The van der Waals surface area contributed by atoms with Gasteiger partial charge in [-0.2, -0.15) is 0 Å². The zero-order valence-electron chi connectivity index (χ0n) is 11.4. The Bertz CT molecular complexity index is 694. The number of amides is 1. The van der Waals surface area contributed by atoms with Crippen molar-refractivity contribution < 1.29 is 4.79 Å². The maximum absolute atomic E-state index is 12.3. The van der Waals surface area contributed by atoms with Gasteiger partial charge in [-0.15, -0.1) is 0 Å². The van der Waals surface area contributed by atoms with Crippen molar-refractivity contribution in [3.8, 4) is 0 Å². The van der Waals surface area contributed by atoms with Crippen molar-refractivity contribution in [1.29, 1.82) is 0 Å². The van der Waals surface area contributed by atoms with Crippen molar-refractivity contribution in [1.82, 2.24) is 14.9 Å². The Morgan fingerprint density at radius 1 is 1.45 bits per heavy atom. The van der Waals surface area contributed by atoms with E-state index in [1.54, 1.807) is 12.1 Å². The number of hydrogen-bond acceptors (Lipinski definition) is 3. The molecule has 1 amide bonds. The lowest BCUT2D eigenvalue weighted by molar-refractivity contribution is -0.121. The number of nitrogens with zero attached hydrogens (tertiary/aromatic N) is 2. The number of rotatable bonds is 4. The summed E-state index contributed by atoms with van der Waals surface area (Å²) in [5.74, 6) is -0.0683. The van der Waals surface area contributed by atoms with Crippen molar-refractivity contribution in [3.05, 3.63) is 39.4 Å². The fourth-order valence-corrected chi connectivity index (χ4v) is 2.27. The highest BCUT2D eigenvalue weighted by Crippen LogP contribution is 2.14. The minimum absolute atomic E-state index is 0.0683. The summed E-state index contributed by atoms with van der Waals surface area (Å²) >= 11 is 3.34. The van der Waals surface area contributed by atoms with Gasteiger partial charge in [0.1, 0.15) is 0 Å². The zero-order chi connectivity index (χ0) is 14.7. The highest BCUT2D eigenvalue weighted by molar-refractivity contribution is 9.10. The summed E-state index contributed by atoms with van der Waals surface area (Å²) < 4.78 is 2.30. The van der Waals surface area contributed by atoms with Crippen LogP contribution in [0, 0.1) is 0 Å². The molecule has 2 aromatic rings. The molecule has 1 N–H and O–H groups in total. The summed E-state index contributed by atoms with van der Waals surface area (Å²) in [5, 5.41) is 3.34. The summed E-state index contributed by atoms with van der Waals surface area (Å²) in [5.41, 5.74) is 0.523. The molecule has 0 spiro atoms. The summed E-state index contributed by atoms with van der Waals surface area (Å²) in [7, 11) is 0. The summed E-state index contributed by atoms with van der Waals surface area (Å²) in [4.78, 5) is 28.1. The molecule has 0 fully saturated rings. The Kier molecular flexibility index (Phi) is 4.54. The van der Waals surface area contributed by atoms with Crippen LogP contribution in [0.2, 0.25) is 0 Å². The molecule has 106 valence electrons. The van der Waals surface area contributed by atoms with Crippen molar-refractivity contribution in [3.63, 3.8) is 0 Å². The van der Waals surface area contributed by atoms with Gasteiger partial charge in [0, 0.05) is 23.5 Å². The molecule has 6 heteroatoms. The van der Waals surface area contributed by atoms with Gasteiger partial charge in [-0.05, 0) is 32.0 Å². The van der Waals surface area contributed by atoms with E-state index in [2.05, 4.69) is 26.2 Å². The first-order valence-corrected chi connectivity index (χ1v) is 7.21. The predicted octanol–water partition coefficient (Wildman–Crippen LogP) is 2.07. The van der Waals surface area contributed by atoms with Crippen molar-refractivity contribution in [2.45, 2.75) is 32.9 Å². The molecule has 0 aliphatic heterocycles. The van der Waals surface area contributed by atoms with Gasteiger partial charge in [0.25, 0.3) is 5.56 Å². The van der Waals surface area contributed by atoms with E-state index in [-0.39, 0.29) is 23.9 Å². The number of carbonyl (C=O) groups excluding carboxylic acids is 1. The van der Waals surface area contributed by atoms with Gasteiger partial charge < -0.3 is 5.32 Å². The fraction of sp³-hybridized carbons (Fsp3) is 0.357. The maximum Gasteiger partial charge on any atom is 0.261 e. The first kappa shape index (κ1) is 14.7. The van der Waals surface area contributed by atoms with E-state index in [0.717, 1.165) is 4.47 Å². The van der Waals surface area contributed by atoms with E-state index in [9.17, 15) is 9.59 Å². The summed E-state index contributed by atoms with van der Waals surface area (Å²) in [6, 6.07) is 5.48. The molecule has 0 atom stereocenters. The lowest BCUT2D eigenvalue weighted by Gasteiger charge is -2.09. The topological polar surface area (TPSA) is 64.0 Å². The lowest BCUT2D eigenvalue weighted by Crippen LogP contribution is -2.32. The Labute approximate surface area is 125 Å². The molecule has 0 bridgehead atoms. The minimum Gasteiger partial charge on any atom is -0.354 e. The van der Waals surface area contributed by atoms with Crippen LogP contribution in [0.15, 0.2) is 33.8 Å². The van der Waals surface area contributed by atoms with Crippen LogP contribution >= 0.6 is 15.9 Å². The molecule has 5 nitrogen and oxygen atoms in total. The average molecular weight is 338 g/mol. The molecule has 2 rings (SSSR count). The van der Waals surface area contributed by atoms with Crippen molar-refractivity contribution in [2.75, 3.05) is 0 Å². The van der Waals surface area contributed by atoms with Crippen LogP contribution in [0.1, 0.15) is 20.3 Å². The standard InChI is InChI=1S/C14H16BrN3O2/c1-9(2)17-13(19)5-6-18-8-16-12-4-3-10(15)7-11(12)14(18)20/h3-4,7-9H,5-6H2,1-2H3,(H,17,19). The average Bonchev–Trinajstić information content (AvgIpc) is 2.38. The van der Waals surface area contributed by atoms with E-state index < -0.39 is 0 Å². The molecule has 0 aliphatic rings. The minimum atomic E-state index is -0.131. The third kappa shape index (κ3) is 3.45. The molecule has 0 saturated heterocycles. The second-order valence-electron chi connectivity index (χ2n) is 4.88. The number of carbonyl (C=O) groups is 1. The number of benzene rings is 1. The largest absolute Gasteiger partial charge is 0.354 e. The van der Waals surface area contributed by atoms with E-state index in [0.29, 0.717) is 17.4 Å². The lowest BCUT2D eigenvalue weighted by atomic mass is 10.2. The fourth-order valence-electron chi connectivity index (χ4n) is 1.91. The van der Waals surface area contributed by atoms with Crippen LogP contribution < -0.4 is 10.9 Å². The van der Waals surface area contributed by atoms with Crippen molar-refractivity contribution in [2.24, 2.45) is 0 Å². The van der Waals surface area contributed by atoms with Gasteiger partial charge in [-0.3, -0.25) is 14.2 Å². The highest BCUT2D eigenvalue weighted by atomic mass is 79.9. The predicted molar refractivity (Wildman–Crippen MR) is 81.6 cm³/mol. The molecule has 0 saturated carbocycles. The van der Waals surface area contributed by atoms with Gasteiger partial charge in [0.15, 0.2) is 0 Å². The van der Waals surface area contributed by atoms with Crippen LogP contribution in [-0.2, 0) is 11.3 Å². The Morgan fingerprint density at radius 3 is 2.90 bits per heavy atom. The molecule has 0 aliphatic carbocycles. The van der Waals surface area contributed by atoms with E-state index in [1.165, 1.54) is 10.9 Å². The molecule has 1 aromatic heterocycles. The molecule has 20 heavy (non-hydrogen) atoms. The van der Waals surface area contributed by atoms with Gasteiger partial charge in [-0.25, -0.2) is 4.98 Å². The molecular formula is C14H16BrN3O2. The summed E-state index contributed by atoms with van der Waals surface area (Å²) in [6.07, 6.45) is 1.75. The first-order valence-electron chi connectivity index (χ1n) is 6.41. The second-order valence-corrected chi connectivity index (χ2v) is 5.79. The normalized spacial score (nSPS) is 11.0. The van der Waals surface area contributed by atoms with Gasteiger partial charge >= 0.3 is 0 Å². The number of aryl methyl sites for hydroxylation is 1. The molecular weight excluding hydrogens is 322 g/mol. The molecule has 1 heterocycles. The monoisotopic (exact) mass is 337 g/mol. The Balaban J connectivity index is 2.21. The second kappa shape index (κ2) is 6.17. The van der Waals surface area contributed by atoms with Crippen LogP contribution in [0.4, 0.5) is 0 Å². The van der Waals surface area contributed by atoms with Gasteiger partial charge in [0.2, 0.25) is 5.91 Å². The van der Waals surface area contributed by atoms with Crippen LogP contribution in [0.5, 0.6) is 0 Å². The van der Waals surface area contributed by atoms with Gasteiger partial charge in [-0.1, -0.05) is 15.9 Å². The third-order valence-electron chi connectivity index (χ3n) is 2.82. The summed E-state index contributed by atoms with van der Waals surface area (Å²) in [6.45, 7) is 4.13. The van der Waals surface area contributed by atoms with Crippen molar-refractivity contribution >= 4 is 32.7 Å². The van der Waals surface area contributed by atoms with E-state index in [4.69, 9.17) is 0 Å². The number of aromatic nitrogens is 2. The maximum atomic E-state index is 12.3. The molecule has 0 radical (unpaired) electrons. The van der Waals surface area contributed by atoms with E-state index >= 15 is 0 Å². The SMILES string of the molecule is CC(C)NC(=O)CCn1cnc2ccc(Br)cc2c1=O. The number of hydrogen-bond donors (Lipinski definition) is 1.